The summed E-state index contributed by atoms with van der Waals surface area (Å²) in [7, 11) is 0. The number of esters is 1. The number of hydrogen-bond acceptors (Lipinski definition) is 6. The highest BCUT2D eigenvalue weighted by atomic mass is 32.2. The molecule has 1 rings (SSSR count). The molecule has 148 valence electrons. The lowest BCUT2D eigenvalue weighted by atomic mass is 10.1. The summed E-state index contributed by atoms with van der Waals surface area (Å²) in [5.74, 6) is -0.743. The van der Waals surface area contributed by atoms with Crippen LogP contribution in [-0.4, -0.2) is 47.1 Å². The highest BCUT2D eigenvalue weighted by Gasteiger charge is 2.25. The van der Waals surface area contributed by atoms with Crippen LogP contribution in [0.2, 0.25) is 0 Å². The van der Waals surface area contributed by atoms with Crippen LogP contribution in [-0.2, 0) is 20.0 Å². The molecule has 2 N–H and O–H groups in total. The van der Waals surface area contributed by atoms with Gasteiger partial charge >= 0.3 is 18.0 Å². The number of aromatic carboxylic acids is 1. The van der Waals surface area contributed by atoms with Crippen LogP contribution in [0.4, 0.5) is 4.79 Å². The van der Waals surface area contributed by atoms with E-state index in [9.17, 15) is 14.4 Å². The largest absolute Gasteiger partial charge is 0.478 e. The Hall–Kier alpha value is -2.48. The lowest BCUT2D eigenvalue weighted by Crippen LogP contribution is -2.45. The predicted molar refractivity (Wildman–Crippen MR) is 104 cm³/mol. The van der Waals surface area contributed by atoms with E-state index in [1.165, 1.54) is 30.0 Å². The van der Waals surface area contributed by atoms with Gasteiger partial charge < -0.3 is 19.9 Å². The number of carboxylic acids is 1. The molecule has 0 fully saturated rings. The van der Waals surface area contributed by atoms with Gasteiger partial charge in [0.15, 0.2) is 0 Å². The van der Waals surface area contributed by atoms with Crippen LogP contribution in [0.3, 0.4) is 0 Å². The van der Waals surface area contributed by atoms with E-state index in [0.29, 0.717) is 5.75 Å². The number of carbonyl (C=O) groups excluding carboxylic acids is 2. The van der Waals surface area contributed by atoms with Gasteiger partial charge in [-0.1, -0.05) is 24.8 Å². The minimum atomic E-state index is -0.985. The number of rotatable bonds is 9. The van der Waals surface area contributed by atoms with E-state index in [2.05, 4.69) is 11.9 Å². The van der Waals surface area contributed by atoms with Crippen molar-refractivity contribution in [1.29, 1.82) is 0 Å². The Balaban J connectivity index is 2.64. The van der Waals surface area contributed by atoms with Crippen molar-refractivity contribution >= 4 is 29.8 Å². The second-order valence-corrected chi connectivity index (χ2v) is 7.66. The highest BCUT2D eigenvalue weighted by molar-refractivity contribution is 7.98. The average molecular weight is 395 g/mol. The lowest BCUT2D eigenvalue weighted by molar-refractivity contribution is -0.144. The second-order valence-electron chi connectivity index (χ2n) is 6.63. The highest BCUT2D eigenvalue weighted by Crippen LogP contribution is 2.15. The molecule has 0 aromatic heterocycles. The molecule has 1 atom stereocenters. The van der Waals surface area contributed by atoms with Crippen molar-refractivity contribution < 1.29 is 29.0 Å². The number of alkyl carbamates (subject to hydrolysis) is 1. The van der Waals surface area contributed by atoms with E-state index in [4.69, 9.17) is 14.6 Å². The van der Waals surface area contributed by atoms with Crippen molar-refractivity contribution in [2.24, 2.45) is 0 Å². The first-order chi connectivity index (χ1) is 12.6. The van der Waals surface area contributed by atoms with E-state index < -0.39 is 29.7 Å². The minimum Gasteiger partial charge on any atom is -0.478 e. The first kappa shape index (κ1) is 22.6. The molecule has 0 aliphatic carbocycles. The molecule has 1 aromatic carbocycles. The monoisotopic (exact) mass is 395 g/mol. The predicted octanol–water partition coefficient (Wildman–Crippen LogP) is 3.24. The van der Waals surface area contributed by atoms with Gasteiger partial charge in [0, 0.05) is 11.5 Å². The minimum absolute atomic E-state index is 0.0483. The summed E-state index contributed by atoms with van der Waals surface area (Å²) >= 11 is 1.41. The zero-order valence-corrected chi connectivity index (χ0v) is 16.5. The summed E-state index contributed by atoms with van der Waals surface area (Å²) < 4.78 is 10.2. The van der Waals surface area contributed by atoms with Crippen LogP contribution in [0.5, 0.6) is 0 Å². The maximum absolute atomic E-state index is 12.1. The number of benzene rings is 1. The SMILES string of the molecule is C=CCOC(=O)C(CSCc1ccc(C(=O)O)cc1)NC(=O)OC(C)(C)C. The molecule has 1 amide bonds. The lowest BCUT2D eigenvalue weighted by Gasteiger charge is -2.22. The van der Waals surface area contributed by atoms with Gasteiger partial charge in [0.05, 0.1) is 5.56 Å². The fourth-order valence-electron chi connectivity index (χ4n) is 1.90. The molecule has 27 heavy (non-hydrogen) atoms. The number of thioether (sulfide) groups is 1. The Kier molecular flexibility index (Phi) is 8.87. The van der Waals surface area contributed by atoms with Crippen LogP contribution in [0.25, 0.3) is 0 Å². The number of nitrogens with one attached hydrogen (secondary N) is 1. The smallest absolute Gasteiger partial charge is 0.408 e. The maximum Gasteiger partial charge on any atom is 0.408 e. The van der Waals surface area contributed by atoms with E-state index in [1.807, 2.05) is 0 Å². The van der Waals surface area contributed by atoms with Crippen LogP contribution in [0.1, 0.15) is 36.7 Å². The molecule has 0 saturated heterocycles. The quantitative estimate of drug-likeness (QED) is 0.489. The summed E-state index contributed by atoms with van der Waals surface area (Å²) in [6.45, 7) is 8.72. The maximum atomic E-state index is 12.1. The molecule has 0 saturated carbocycles. The Morgan fingerprint density at radius 3 is 2.41 bits per heavy atom. The van der Waals surface area contributed by atoms with Crippen molar-refractivity contribution in [2.75, 3.05) is 12.4 Å². The normalized spacial score (nSPS) is 12.0. The molecule has 0 heterocycles. The van der Waals surface area contributed by atoms with Crippen LogP contribution < -0.4 is 5.32 Å². The molecular formula is C19H25NO6S. The molecular weight excluding hydrogens is 370 g/mol. The third-order valence-electron chi connectivity index (χ3n) is 3.07. The van der Waals surface area contributed by atoms with Gasteiger partial charge in [-0.25, -0.2) is 14.4 Å². The zero-order valence-electron chi connectivity index (χ0n) is 15.7. The standard InChI is InChI=1S/C19H25NO6S/c1-5-10-25-17(23)15(20-18(24)26-19(2,3)4)12-27-11-13-6-8-14(9-7-13)16(21)22/h5-9,15H,1,10-12H2,2-4H3,(H,20,24)(H,21,22). The molecule has 0 bridgehead atoms. The third-order valence-corrected chi connectivity index (χ3v) is 4.18. The molecule has 7 nitrogen and oxygen atoms in total. The molecule has 1 unspecified atom stereocenters. The van der Waals surface area contributed by atoms with Gasteiger partial charge in [-0.3, -0.25) is 0 Å². The molecule has 8 heteroatoms. The summed E-state index contributed by atoms with van der Waals surface area (Å²) in [5, 5.41) is 11.4. The Labute approximate surface area is 163 Å². The van der Waals surface area contributed by atoms with Gasteiger partial charge in [-0.05, 0) is 38.5 Å². The molecule has 0 aliphatic heterocycles. The topological polar surface area (TPSA) is 102 Å². The van der Waals surface area contributed by atoms with Gasteiger partial charge in [-0.15, -0.1) is 0 Å². The number of amides is 1. The van der Waals surface area contributed by atoms with E-state index >= 15 is 0 Å². The van der Waals surface area contributed by atoms with Crippen molar-refractivity contribution in [3.05, 3.63) is 48.0 Å². The fraction of sp³-hybridized carbons (Fsp3) is 0.421. The van der Waals surface area contributed by atoms with Crippen molar-refractivity contribution in [1.82, 2.24) is 5.32 Å². The Morgan fingerprint density at radius 2 is 1.89 bits per heavy atom. The number of carboxylic acid groups (broad SMARTS) is 1. The van der Waals surface area contributed by atoms with Gasteiger partial charge in [0.25, 0.3) is 0 Å². The molecule has 1 aromatic rings. The van der Waals surface area contributed by atoms with Gasteiger partial charge in [0.1, 0.15) is 18.2 Å². The number of ether oxygens (including phenoxy) is 2. The van der Waals surface area contributed by atoms with Crippen LogP contribution in [0.15, 0.2) is 36.9 Å². The summed E-state index contributed by atoms with van der Waals surface area (Å²) in [5.41, 5.74) is 0.431. The van der Waals surface area contributed by atoms with Crippen molar-refractivity contribution in [3.8, 4) is 0 Å². The zero-order chi connectivity index (χ0) is 20.4. The third kappa shape index (κ3) is 9.14. The van der Waals surface area contributed by atoms with Crippen molar-refractivity contribution in [3.63, 3.8) is 0 Å². The fourth-order valence-corrected chi connectivity index (χ4v) is 2.90. The first-order valence-corrected chi connectivity index (χ1v) is 9.45. The summed E-state index contributed by atoms with van der Waals surface area (Å²) in [6.07, 6.45) is 0.744. The van der Waals surface area contributed by atoms with Gasteiger partial charge in [-0.2, -0.15) is 11.8 Å². The van der Waals surface area contributed by atoms with E-state index in [0.717, 1.165) is 5.56 Å². The van der Waals surface area contributed by atoms with Crippen LogP contribution in [0, 0.1) is 0 Å². The van der Waals surface area contributed by atoms with Crippen LogP contribution >= 0.6 is 11.8 Å². The van der Waals surface area contributed by atoms with Gasteiger partial charge in [0.2, 0.25) is 0 Å². The average Bonchev–Trinajstić information content (AvgIpc) is 2.57. The number of carbonyl (C=O) groups is 3. The summed E-state index contributed by atoms with van der Waals surface area (Å²) in [6, 6.07) is 5.59. The molecule has 0 spiro atoms. The first-order valence-electron chi connectivity index (χ1n) is 8.29. The number of hydrogen-bond donors (Lipinski definition) is 2. The van der Waals surface area contributed by atoms with E-state index in [1.54, 1.807) is 32.9 Å². The second kappa shape index (κ2) is 10.6. The molecule has 0 aliphatic rings. The Morgan fingerprint density at radius 1 is 1.26 bits per heavy atom. The van der Waals surface area contributed by atoms with Crippen molar-refractivity contribution in [2.45, 2.75) is 38.2 Å². The molecule has 0 radical (unpaired) electrons. The van der Waals surface area contributed by atoms with E-state index in [-0.39, 0.29) is 17.9 Å². The Bertz CT molecular complexity index is 666. The summed E-state index contributed by atoms with van der Waals surface area (Å²) in [4.78, 5) is 35.0.